The lowest BCUT2D eigenvalue weighted by atomic mass is 9.45. The number of guanidine groups is 1. The molecule has 3 heterocycles. The standard InChI is InChI=1S/C39H51Cl2N9O/c1-24-21-48(22-25(2)50(24)23-42)37(44-34-18-28-17-32(26(34)3)39(28,4)5)43-30-9-10-31-35(20-30)45-38(47-15-13-46(6)14-16-47)49(36(31)51)12-11-27-7-8-29(40)19-33(27)41/h7-10,19-20,24-26,28,32,34H,11-18,21-22H2,1-6H3,(H,43,44)/t24-,25+,26-,28-,32+,34-/m0/s1. The SMILES string of the molecule is C[C@@H]1[C@@H](N=C(Nc2ccc3c(=O)n(CCc4ccc(Cl)cc4Cl)c(N4CCN(C)CC4)nc3c2)N2C[C@@H](C)N(C#N)[C@@H](C)C2)C[C@@H]2C[C@H]1C2(C)C. The number of nitrogens with zero attached hydrogens (tertiary/aromatic N) is 8. The van der Waals surface area contributed by atoms with E-state index in [1.165, 1.54) is 6.42 Å². The van der Waals surface area contributed by atoms with Crippen LogP contribution in [0.15, 0.2) is 46.2 Å². The molecule has 0 unspecified atom stereocenters. The van der Waals surface area contributed by atoms with Crippen molar-refractivity contribution >= 4 is 51.7 Å². The minimum absolute atomic E-state index is 0.0624. The fourth-order valence-electron chi connectivity index (χ4n) is 9.16. The van der Waals surface area contributed by atoms with E-state index in [-0.39, 0.29) is 23.7 Å². The van der Waals surface area contributed by atoms with Gasteiger partial charge < -0.3 is 24.9 Å². The first-order valence-electron chi connectivity index (χ1n) is 18.5. The molecule has 1 N–H and O–H groups in total. The first kappa shape index (κ1) is 35.9. The minimum atomic E-state index is -0.0624. The van der Waals surface area contributed by atoms with Crippen LogP contribution in [0.5, 0.6) is 0 Å². The molecule has 5 aliphatic rings. The zero-order valence-electron chi connectivity index (χ0n) is 30.7. The number of hydrogen-bond acceptors (Lipinski definition) is 7. The molecule has 2 saturated heterocycles. The summed E-state index contributed by atoms with van der Waals surface area (Å²) in [5.74, 6) is 3.38. The smallest absolute Gasteiger partial charge is 0.262 e. The Morgan fingerprint density at radius 3 is 2.41 bits per heavy atom. The van der Waals surface area contributed by atoms with Crippen LogP contribution in [-0.4, -0.2) is 94.7 Å². The second-order valence-electron chi connectivity index (χ2n) is 16.1. The summed E-state index contributed by atoms with van der Waals surface area (Å²) in [6.07, 6.45) is 5.37. The maximum Gasteiger partial charge on any atom is 0.262 e. The zero-order valence-corrected chi connectivity index (χ0v) is 32.3. The molecule has 272 valence electrons. The number of piperazine rings is 2. The summed E-state index contributed by atoms with van der Waals surface area (Å²) in [6.45, 7) is 16.6. The Morgan fingerprint density at radius 1 is 1.04 bits per heavy atom. The van der Waals surface area contributed by atoms with Crippen LogP contribution in [0.3, 0.4) is 0 Å². The van der Waals surface area contributed by atoms with Crippen LogP contribution < -0.4 is 15.8 Å². The van der Waals surface area contributed by atoms with Crippen molar-refractivity contribution in [1.29, 1.82) is 5.26 Å². The Balaban J connectivity index is 1.23. The molecular formula is C39H51Cl2N9O. The molecule has 5 fully saturated rings. The van der Waals surface area contributed by atoms with E-state index in [0.29, 0.717) is 76.1 Å². The van der Waals surface area contributed by atoms with Crippen LogP contribution in [0.2, 0.25) is 10.0 Å². The molecule has 2 bridgehead atoms. The fourth-order valence-corrected chi connectivity index (χ4v) is 9.66. The number of fused-ring (bicyclic) bond motifs is 3. The highest BCUT2D eigenvalue weighted by atomic mass is 35.5. The summed E-state index contributed by atoms with van der Waals surface area (Å²) >= 11 is 12.7. The van der Waals surface area contributed by atoms with Crippen molar-refractivity contribution in [2.24, 2.45) is 28.2 Å². The van der Waals surface area contributed by atoms with Crippen LogP contribution in [0, 0.1) is 34.6 Å². The number of aliphatic imine (C=N–C) groups is 1. The third-order valence-corrected chi connectivity index (χ3v) is 13.1. The highest BCUT2D eigenvalue weighted by Crippen LogP contribution is 2.61. The van der Waals surface area contributed by atoms with E-state index in [0.717, 1.165) is 49.8 Å². The lowest BCUT2D eigenvalue weighted by Crippen LogP contribution is -2.59. The monoisotopic (exact) mass is 731 g/mol. The molecule has 0 spiro atoms. The highest BCUT2D eigenvalue weighted by Gasteiger charge is 2.56. The van der Waals surface area contributed by atoms with Gasteiger partial charge in [-0.1, -0.05) is 50.0 Å². The molecule has 2 aromatic carbocycles. The molecule has 2 aliphatic heterocycles. The average molecular weight is 733 g/mol. The molecule has 1 aromatic heterocycles. The van der Waals surface area contributed by atoms with Crippen LogP contribution in [0.25, 0.3) is 10.9 Å². The molecule has 10 nitrogen and oxygen atoms in total. The van der Waals surface area contributed by atoms with E-state index in [1.807, 2.05) is 39.8 Å². The molecule has 3 aliphatic carbocycles. The van der Waals surface area contributed by atoms with Crippen molar-refractivity contribution in [2.45, 2.75) is 78.6 Å². The Labute approximate surface area is 312 Å². The number of nitriles is 1. The van der Waals surface area contributed by atoms with Gasteiger partial charge in [0.25, 0.3) is 5.56 Å². The number of nitrogens with one attached hydrogen (secondary N) is 1. The summed E-state index contributed by atoms with van der Waals surface area (Å²) in [4.78, 5) is 33.7. The van der Waals surface area contributed by atoms with E-state index in [1.54, 1.807) is 6.07 Å². The van der Waals surface area contributed by atoms with Crippen molar-refractivity contribution in [3.63, 3.8) is 0 Å². The van der Waals surface area contributed by atoms with E-state index < -0.39 is 0 Å². The minimum Gasteiger partial charge on any atom is -0.340 e. The van der Waals surface area contributed by atoms with Crippen LogP contribution in [0.1, 0.15) is 53.0 Å². The van der Waals surface area contributed by atoms with Crippen molar-refractivity contribution in [2.75, 3.05) is 56.5 Å². The lowest BCUT2D eigenvalue weighted by Gasteiger charge is -2.61. The Bertz CT molecular complexity index is 1900. The van der Waals surface area contributed by atoms with Gasteiger partial charge in [0.2, 0.25) is 5.95 Å². The fraction of sp³-hybridized carbons (Fsp3) is 0.590. The predicted molar refractivity (Wildman–Crippen MR) is 208 cm³/mol. The second kappa shape index (κ2) is 14.1. The third kappa shape index (κ3) is 6.90. The Kier molecular flexibility index (Phi) is 9.94. The van der Waals surface area contributed by atoms with Gasteiger partial charge >= 0.3 is 0 Å². The van der Waals surface area contributed by atoms with Gasteiger partial charge in [-0.15, -0.1) is 0 Å². The van der Waals surface area contributed by atoms with Crippen LogP contribution in [-0.2, 0) is 13.0 Å². The number of aryl methyl sites for hydroxylation is 1. The quantitative estimate of drug-likeness (QED) is 0.177. The normalized spacial score (nSPS) is 28.1. The van der Waals surface area contributed by atoms with Gasteiger partial charge in [-0.3, -0.25) is 9.36 Å². The van der Waals surface area contributed by atoms with E-state index in [9.17, 15) is 10.1 Å². The van der Waals surface area contributed by atoms with Gasteiger partial charge in [0.1, 0.15) is 0 Å². The maximum atomic E-state index is 14.3. The topological polar surface area (TPSA) is 96.0 Å². The number of likely N-dealkylation sites (N-methyl/N-ethyl adjacent to an activating group) is 1. The zero-order chi connectivity index (χ0) is 36.2. The Morgan fingerprint density at radius 2 is 1.76 bits per heavy atom. The number of anilines is 2. The summed E-state index contributed by atoms with van der Waals surface area (Å²) in [5.41, 5.74) is 2.76. The van der Waals surface area contributed by atoms with Crippen molar-refractivity contribution in [1.82, 2.24) is 24.3 Å². The maximum absolute atomic E-state index is 14.3. The first-order valence-corrected chi connectivity index (χ1v) is 19.3. The summed E-state index contributed by atoms with van der Waals surface area (Å²) in [6, 6.07) is 11.7. The molecule has 0 amide bonds. The molecule has 6 atom stereocenters. The summed E-state index contributed by atoms with van der Waals surface area (Å²) < 4.78 is 1.81. The van der Waals surface area contributed by atoms with E-state index in [4.69, 9.17) is 33.2 Å². The van der Waals surface area contributed by atoms with Gasteiger partial charge in [-0.05, 0) is 99.2 Å². The molecule has 8 rings (SSSR count). The lowest BCUT2D eigenvalue weighted by molar-refractivity contribution is -0.108. The predicted octanol–water partition coefficient (Wildman–Crippen LogP) is 6.41. The largest absolute Gasteiger partial charge is 0.340 e. The van der Waals surface area contributed by atoms with Crippen LogP contribution >= 0.6 is 23.2 Å². The second-order valence-corrected chi connectivity index (χ2v) is 16.9. The molecular weight excluding hydrogens is 681 g/mol. The molecule has 12 heteroatoms. The van der Waals surface area contributed by atoms with Gasteiger partial charge in [0, 0.05) is 61.5 Å². The van der Waals surface area contributed by atoms with Gasteiger partial charge in [0.05, 0.1) is 29.0 Å². The van der Waals surface area contributed by atoms with E-state index >= 15 is 0 Å². The highest BCUT2D eigenvalue weighted by molar-refractivity contribution is 6.35. The number of halogens is 2. The van der Waals surface area contributed by atoms with Gasteiger partial charge in [0.15, 0.2) is 12.2 Å². The Hall–Kier alpha value is -3.52. The average Bonchev–Trinajstić information content (AvgIpc) is 3.09. The summed E-state index contributed by atoms with van der Waals surface area (Å²) in [7, 11) is 2.12. The van der Waals surface area contributed by atoms with Gasteiger partial charge in [-0.2, -0.15) is 5.26 Å². The molecule has 3 saturated carbocycles. The molecule has 0 radical (unpaired) electrons. The van der Waals surface area contributed by atoms with Crippen molar-refractivity contribution in [3.05, 3.63) is 62.4 Å². The first-order chi connectivity index (χ1) is 24.3. The number of aromatic nitrogens is 2. The van der Waals surface area contributed by atoms with Gasteiger partial charge in [-0.25, -0.2) is 9.98 Å². The van der Waals surface area contributed by atoms with Crippen molar-refractivity contribution in [3.8, 4) is 6.19 Å². The number of benzene rings is 2. The third-order valence-electron chi connectivity index (χ3n) is 12.5. The van der Waals surface area contributed by atoms with E-state index in [2.05, 4.69) is 67.9 Å². The summed E-state index contributed by atoms with van der Waals surface area (Å²) in [5, 5.41) is 15.3. The molecule has 3 aromatic rings. The molecule has 51 heavy (non-hydrogen) atoms. The number of rotatable bonds is 6. The van der Waals surface area contributed by atoms with Crippen LogP contribution in [0.4, 0.5) is 11.6 Å². The number of hydrogen-bond donors (Lipinski definition) is 1. The van der Waals surface area contributed by atoms with Crippen molar-refractivity contribution < 1.29 is 0 Å².